The lowest BCUT2D eigenvalue weighted by Gasteiger charge is -2.43. The molecule has 0 N–H and O–H groups in total. The molecule has 0 bridgehead atoms. The maximum absolute atomic E-state index is 11.8. The van der Waals surface area contributed by atoms with E-state index >= 15 is 0 Å². The van der Waals surface area contributed by atoms with E-state index in [0.717, 1.165) is 12.8 Å². The summed E-state index contributed by atoms with van der Waals surface area (Å²) in [6.07, 6.45) is 1.73. The first-order chi connectivity index (χ1) is 6.14. The quantitative estimate of drug-likeness (QED) is 0.585. The Morgan fingerprint density at radius 3 is 1.93 bits per heavy atom. The third-order valence-electron chi connectivity index (χ3n) is 2.93. The molecule has 0 unspecified atom stereocenters. The van der Waals surface area contributed by atoms with Gasteiger partial charge in [-0.2, -0.15) is 0 Å². The lowest BCUT2D eigenvalue weighted by Crippen LogP contribution is -2.51. The highest BCUT2D eigenvalue weighted by Gasteiger charge is 2.43. The van der Waals surface area contributed by atoms with Gasteiger partial charge in [-0.1, -0.05) is 20.8 Å². The molecule has 0 aromatic rings. The van der Waals surface area contributed by atoms with Crippen molar-refractivity contribution in [1.82, 2.24) is 4.90 Å². The van der Waals surface area contributed by atoms with Crippen molar-refractivity contribution in [2.45, 2.75) is 66.0 Å². The van der Waals surface area contributed by atoms with Gasteiger partial charge in [-0.15, -0.1) is 0 Å². The van der Waals surface area contributed by atoms with Gasteiger partial charge in [0.05, 0.1) is 0 Å². The molecule has 0 saturated carbocycles. The number of carbonyl (C=O) groups is 1. The lowest BCUT2D eigenvalue weighted by molar-refractivity contribution is -0.135. The van der Waals surface area contributed by atoms with Crippen molar-refractivity contribution in [3.63, 3.8) is 0 Å². The maximum atomic E-state index is 11.8. The summed E-state index contributed by atoms with van der Waals surface area (Å²) in [5, 5.41) is 0. The van der Waals surface area contributed by atoms with Crippen LogP contribution >= 0.6 is 0 Å². The maximum Gasteiger partial charge on any atom is 0.223 e. The van der Waals surface area contributed by atoms with Gasteiger partial charge in [0, 0.05) is 18.0 Å². The summed E-state index contributed by atoms with van der Waals surface area (Å²) in [7, 11) is 0. The minimum Gasteiger partial charge on any atom is -0.334 e. The number of hydrogen-bond acceptors (Lipinski definition) is 1. The zero-order valence-electron chi connectivity index (χ0n) is 10.3. The number of likely N-dealkylation sites (tertiary alicyclic amines) is 1. The Morgan fingerprint density at radius 1 is 1.14 bits per heavy atom. The Hall–Kier alpha value is -0.530. The Bertz CT molecular complexity index is 232. The van der Waals surface area contributed by atoms with Gasteiger partial charge in [0.25, 0.3) is 0 Å². The molecule has 0 spiro atoms. The Balaban J connectivity index is 2.94. The lowest BCUT2D eigenvalue weighted by atomic mass is 9.83. The molecule has 0 aromatic carbocycles. The van der Waals surface area contributed by atoms with Crippen LogP contribution in [0.5, 0.6) is 0 Å². The van der Waals surface area contributed by atoms with Crippen molar-refractivity contribution in [2.75, 3.05) is 0 Å². The van der Waals surface area contributed by atoms with Crippen molar-refractivity contribution < 1.29 is 4.79 Å². The predicted octanol–water partition coefficient (Wildman–Crippen LogP) is 2.82. The van der Waals surface area contributed by atoms with Gasteiger partial charge in [0.15, 0.2) is 0 Å². The Labute approximate surface area is 87.7 Å². The smallest absolute Gasteiger partial charge is 0.223 e. The van der Waals surface area contributed by atoms with E-state index in [1.54, 1.807) is 0 Å². The molecule has 0 radical (unpaired) electrons. The molecule has 0 aromatic heterocycles. The normalized spacial score (nSPS) is 24.6. The van der Waals surface area contributed by atoms with E-state index < -0.39 is 0 Å². The fourth-order valence-corrected chi connectivity index (χ4v) is 2.35. The third kappa shape index (κ3) is 2.10. The van der Waals surface area contributed by atoms with Gasteiger partial charge in [-0.3, -0.25) is 4.79 Å². The number of rotatable bonds is 0. The molecule has 1 atom stereocenters. The molecule has 1 aliphatic rings. The summed E-state index contributed by atoms with van der Waals surface area (Å²) in [4.78, 5) is 13.9. The zero-order chi connectivity index (χ0) is 11.1. The van der Waals surface area contributed by atoms with Crippen LogP contribution < -0.4 is 0 Å². The van der Waals surface area contributed by atoms with E-state index in [1.807, 2.05) is 0 Å². The highest BCUT2D eigenvalue weighted by Crippen LogP contribution is 2.37. The van der Waals surface area contributed by atoms with E-state index in [2.05, 4.69) is 46.4 Å². The fraction of sp³-hybridized carbons (Fsp3) is 0.917. The van der Waals surface area contributed by atoms with Crippen LogP contribution in [0.2, 0.25) is 0 Å². The van der Waals surface area contributed by atoms with Gasteiger partial charge in [0.2, 0.25) is 5.91 Å². The van der Waals surface area contributed by atoms with E-state index in [9.17, 15) is 4.79 Å². The molecule has 2 nitrogen and oxygen atoms in total. The average molecular weight is 197 g/mol. The van der Waals surface area contributed by atoms with Gasteiger partial charge >= 0.3 is 0 Å². The SMILES string of the molecule is CC(C)(C)[C@H]1CCC(=O)N1C(C)(C)C. The first-order valence-corrected chi connectivity index (χ1v) is 5.46. The predicted molar refractivity (Wildman–Crippen MR) is 59.1 cm³/mol. The minimum absolute atomic E-state index is 0.0362. The molecule has 1 amide bonds. The van der Waals surface area contributed by atoms with Gasteiger partial charge < -0.3 is 4.90 Å². The van der Waals surface area contributed by atoms with E-state index in [0.29, 0.717) is 11.9 Å². The van der Waals surface area contributed by atoms with Crippen LogP contribution in [0.4, 0.5) is 0 Å². The fourth-order valence-electron chi connectivity index (χ4n) is 2.35. The van der Waals surface area contributed by atoms with Crippen molar-refractivity contribution in [2.24, 2.45) is 5.41 Å². The second kappa shape index (κ2) is 3.25. The molecule has 1 rings (SSSR count). The number of amides is 1. The molecule has 1 heterocycles. The second-order valence-corrected chi connectivity index (χ2v) is 6.36. The molecule has 1 fully saturated rings. The summed E-state index contributed by atoms with van der Waals surface area (Å²) >= 11 is 0. The zero-order valence-corrected chi connectivity index (χ0v) is 10.3. The van der Waals surface area contributed by atoms with Crippen molar-refractivity contribution >= 4 is 5.91 Å². The first-order valence-electron chi connectivity index (χ1n) is 5.46. The van der Waals surface area contributed by atoms with Crippen molar-refractivity contribution in [3.05, 3.63) is 0 Å². The van der Waals surface area contributed by atoms with Gasteiger partial charge in [0.1, 0.15) is 0 Å². The average Bonchev–Trinajstić information content (AvgIpc) is 2.27. The monoisotopic (exact) mass is 197 g/mol. The summed E-state index contributed by atoms with van der Waals surface area (Å²) in [6, 6.07) is 0.398. The highest BCUT2D eigenvalue weighted by molar-refractivity contribution is 5.79. The molecule has 14 heavy (non-hydrogen) atoms. The Kier molecular flexibility index (Phi) is 2.68. The standard InChI is InChI=1S/C12H23NO/c1-11(2,3)9-7-8-10(14)13(9)12(4,5)6/h9H,7-8H2,1-6H3/t9-/m1/s1. The largest absolute Gasteiger partial charge is 0.334 e. The van der Waals surface area contributed by atoms with Crippen LogP contribution in [0.1, 0.15) is 54.4 Å². The number of nitrogens with zero attached hydrogens (tertiary/aromatic N) is 1. The van der Waals surface area contributed by atoms with Crippen LogP contribution in [0.25, 0.3) is 0 Å². The van der Waals surface area contributed by atoms with Crippen LogP contribution in [-0.2, 0) is 4.79 Å². The topological polar surface area (TPSA) is 20.3 Å². The Morgan fingerprint density at radius 2 is 1.64 bits per heavy atom. The summed E-state index contributed by atoms with van der Waals surface area (Å²) in [6.45, 7) is 13.0. The van der Waals surface area contributed by atoms with Gasteiger partial charge in [-0.05, 0) is 32.6 Å². The molecule has 1 aliphatic heterocycles. The van der Waals surface area contributed by atoms with Crippen molar-refractivity contribution in [1.29, 1.82) is 0 Å². The van der Waals surface area contributed by atoms with Crippen LogP contribution in [-0.4, -0.2) is 22.4 Å². The van der Waals surface area contributed by atoms with Crippen LogP contribution in [0, 0.1) is 5.41 Å². The number of hydrogen-bond donors (Lipinski definition) is 0. The van der Waals surface area contributed by atoms with E-state index in [4.69, 9.17) is 0 Å². The molecule has 82 valence electrons. The number of carbonyl (C=O) groups excluding carboxylic acids is 1. The molecule has 1 saturated heterocycles. The highest BCUT2D eigenvalue weighted by atomic mass is 16.2. The third-order valence-corrected chi connectivity index (χ3v) is 2.93. The van der Waals surface area contributed by atoms with Crippen molar-refractivity contribution in [3.8, 4) is 0 Å². The van der Waals surface area contributed by atoms with Crippen LogP contribution in [0.15, 0.2) is 0 Å². The molecular weight excluding hydrogens is 174 g/mol. The molecular formula is C12H23NO. The van der Waals surface area contributed by atoms with Crippen LogP contribution in [0.3, 0.4) is 0 Å². The summed E-state index contributed by atoms with van der Waals surface area (Å²) in [5.41, 5.74) is 0.158. The van der Waals surface area contributed by atoms with E-state index in [1.165, 1.54) is 0 Å². The minimum atomic E-state index is -0.0362. The van der Waals surface area contributed by atoms with Gasteiger partial charge in [-0.25, -0.2) is 0 Å². The first kappa shape index (κ1) is 11.5. The molecule has 0 aliphatic carbocycles. The van der Waals surface area contributed by atoms with E-state index in [-0.39, 0.29) is 11.0 Å². The summed E-state index contributed by atoms with van der Waals surface area (Å²) in [5.74, 6) is 0.317. The second-order valence-electron chi connectivity index (χ2n) is 6.36. The summed E-state index contributed by atoms with van der Waals surface area (Å²) < 4.78 is 0. The molecule has 2 heteroatoms.